The Labute approximate surface area is 118 Å². The standard InChI is InChI=1S/C16H22F3N/c1-11-6-7-12(2)15(8-11)20-10-13-4-3-5-14(9-13)16(17,18)19/h3-5,9,11-12,15,20H,6-8,10H2,1-2H3. The molecule has 1 saturated carbocycles. The van der Waals surface area contributed by atoms with E-state index in [1.807, 2.05) is 0 Å². The summed E-state index contributed by atoms with van der Waals surface area (Å²) >= 11 is 0. The van der Waals surface area contributed by atoms with Gasteiger partial charge in [-0.25, -0.2) is 0 Å². The van der Waals surface area contributed by atoms with Crippen LogP contribution in [0.5, 0.6) is 0 Å². The largest absolute Gasteiger partial charge is 0.416 e. The van der Waals surface area contributed by atoms with Crippen LogP contribution in [0.25, 0.3) is 0 Å². The number of rotatable bonds is 3. The van der Waals surface area contributed by atoms with E-state index in [9.17, 15) is 13.2 Å². The van der Waals surface area contributed by atoms with E-state index in [1.54, 1.807) is 6.07 Å². The van der Waals surface area contributed by atoms with Gasteiger partial charge in [-0.15, -0.1) is 0 Å². The van der Waals surface area contributed by atoms with E-state index in [0.717, 1.165) is 12.5 Å². The fourth-order valence-electron chi connectivity index (χ4n) is 2.92. The molecule has 112 valence electrons. The number of benzene rings is 1. The summed E-state index contributed by atoms with van der Waals surface area (Å²) < 4.78 is 38.0. The van der Waals surface area contributed by atoms with E-state index in [4.69, 9.17) is 0 Å². The predicted molar refractivity (Wildman–Crippen MR) is 74.3 cm³/mol. The van der Waals surface area contributed by atoms with Crippen molar-refractivity contribution in [1.29, 1.82) is 0 Å². The minimum Gasteiger partial charge on any atom is -0.310 e. The molecular weight excluding hydrogens is 263 g/mol. The van der Waals surface area contributed by atoms with Crippen molar-refractivity contribution in [3.05, 3.63) is 35.4 Å². The maximum absolute atomic E-state index is 12.7. The second-order valence-electron chi connectivity index (χ2n) is 6.08. The molecule has 0 radical (unpaired) electrons. The van der Waals surface area contributed by atoms with Gasteiger partial charge in [-0.05, 0) is 36.3 Å². The lowest BCUT2D eigenvalue weighted by Gasteiger charge is -2.33. The second kappa shape index (κ2) is 6.17. The molecule has 0 amide bonds. The summed E-state index contributed by atoms with van der Waals surface area (Å²) in [5.74, 6) is 1.29. The summed E-state index contributed by atoms with van der Waals surface area (Å²) in [5.41, 5.74) is 0.132. The Bertz CT molecular complexity index is 442. The summed E-state index contributed by atoms with van der Waals surface area (Å²) in [7, 11) is 0. The van der Waals surface area contributed by atoms with Crippen molar-refractivity contribution in [3.63, 3.8) is 0 Å². The normalized spacial score (nSPS) is 27.6. The molecule has 3 atom stereocenters. The van der Waals surface area contributed by atoms with Crippen LogP contribution < -0.4 is 5.32 Å². The van der Waals surface area contributed by atoms with Crippen molar-refractivity contribution < 1.29 is 13.2 Å². The molecule has 0 aliphatic heterocycles. The molecule has 0 saturated heterocycles. The van der Waals surface area contributed by atoms with E-state index in [-0.39, 0.29) is 0 Å². The summed E-state index contributed by atoms with van der Waals surface area (Å²) in [6, 6.07) is 6.00. The van der Waals surface area contributed by atoms with Gasteiger partial charge in [0.05, 0.1) is 5.56 Å². The number of hydrogen-bond donors (Lipinski definition) is 1. The van der Waals surface area contributed by atoms with Crippen molar-refractivity contribution >= 4 is 0 Å². The van der Waals surface area contributed by atoms with Gasteiger partial charge in [0.1, 0.15) is 0 Å². The van der Waals surface area contributed by atoms with Crippen LogP contribution in [0.2, 0.25) is 0 Å². The van der Waals surface area contributed by atoms with Crippen molar-refractivity contribution in [2.24, 2.45) is 11.8 Å². The lowest BCUT2D eigenvalue weighted by Crippen LogP contribution is -2.39. The average molecular weight is 285 g/mol. The highest BCUT2D eigenvalue weighted by Crippen LogP contribution is 2.30. The highest BCUT2D eigenvalue weighted by Gasteiger charge is 2.30. The average Bonchev–Trinajstić information content (AvgIpc) is 2.39. The highest BCUT2D eigenvalue weighted by atomic mass is 19.4. The fourth-order valence-corrected chi connectivity index (χ4v) is 2.92. The van der Waals surface area contributed by atoms with Gasteiger partial charge in [-0.1, -0.05) is 38.5 Å². The molecule has 2 rings (SSSR count). The molecule has 1 fully saturated rings. The van der Waals surface area contributed by atoms with Gasteiger partial charge in [0.25, 0.3) is 0 Å². The fraction of sp³-hybridized carbons (Fsp3) is 0.625. The predicted octanol–water partition coefficient (Wildman–Crippen LogP) is 4.62. The van der Waals surface area contributed by atoms with Crippen LogP contribution in [0.15, 0.2) is 24.3 Å². The van der Waals surface area contributed by atoms with Crippen LogP contribution in [0.3, 0.4) is 0 Å². The van der Waals surface area contributed by atoms with Crippen molar-refractivity contribution in [1.82, 2.24) is 5.32 Å². The Hall–Kier alpha value is -1.03. The van der Waals surface area contributed by atoms with Gasteiger partial charge >= 0.3 is 6.18 Å². The molecule has 0 bridgehead atoms. The second-order valence-corrected chi connectivity index (χ2v) is 6.08. The van der Waals surface area contributed by atoms with E-state index in [0.29, 0.717) is 30.0 Å². The molecule has 1 aliphatic rings. The lowest BCUT2D eigenvalue weighted by atomic mass is 9.80. The molecule has 3 unspecified atom stereocenters. The molecule has 1 aromatic rings. The van der Waals surface area contributed by atoms with Crippen molar-refractivity contribution in [2.75, 3.05) is 0 Å². The molecule has 1 nitrogen and oxygen atoms in total. The van der Waals surface area contributed by atoms with Crippen molar-refractivity contribution in [2.45, 2.75) is 51.9 Å². The molecule has 1 N–H and O–H groups in total. The third-order valence-electron chi connectivity index (χ3n) is 4.28. The minimum atomic E-state index is -4.26. The summed E-state index contributed by atoms with van der Waals surface area (Å²) in [4.78, 5) is 0. The molecule has 0 heterocycles. The van der Waals surface area contributed by atoms with E-state index < -0.39 is 11.7 Å². The van der Waals surface area contributed by atoms with Gasteiger partial charge in [0.15, 0.2) is 0 Å². The van der Waals surface area contributed by atoms with Gasteiger partial charge < -0.3 is 5.32 Å². The quantitative estimate of drug-likeness (QED) is 0.854. The summed E-state index contributed by atoms with van der Waals surface area (Å²) in [5, 5.41) is 3.43. The third-order valence-corrected chi connectivity index (χ3v) is 4.28. The number of halogens is 3. The van der Waals surface area contributed by atoms with E-state index in [1.165, 1.54) is 25.0 Å². The van der Waals surface area contributed by atoms with E-state index >= 15 is 0 Å². The van der Waals surface area contributed by atoms with Crippen LogP contribution >= 0.6 is 0 Å². The highest BCUT2D eigenvalue weighted by molar-refractivity contribution is 5.25. The maximum Gasteiger partial charge on any atom is 0.416 e. The summed E-state index contributed by atoms with van der Waals surface area (Å²) in [6.07, 6.45) is -0.701. The zero-order valence-electron chi connectivity index (χ0n) is 12.0. The van der Waals surface area contributed by atoms with Crippen molar-refractivity contribution in [3.8, 4) is 0 Å². The zero-order valence-corrected chi connectivity index (χ0v) is 12.0. The molecule has 1 aromatic carbocycles. The van der Waals surface area contributed by atoms with Crippen LogP contribution in [-0.4, -0.2) is 6.04 Å². The smallest absolute Gasteiger partial charge is 0.310 e. The molecule has 1 aliphatic carbocycles. The minimum absolute atomic E-state index is 0.410. The number of nitrogens with one attached hydrogen (secondary N) is 1. The molecule has 4 heteroatoms. The Morgan fingerprint density at radius 3 is 2.65 bits per heavy atom. The Morgan fingerprint density at radius 2 is 1.95 bits per heavy atom. The van der Waals surface area contributed by atoms with Gasteiger partial charge in [-0.3, -0.25) is 0 Å². The third kappa shape index (κ3) is 3.98. The van der Waals surface area contributed by atoms with Crippen LogP contribution in [0.1, 0.15) is 44.2 Å². The first-order valence-corrected chi connectivity index (χ1v) is 7.26. The van der Waals surface area contributed by atoms with Crippen LogP contribution in [-0.2, 0) is 12.7 Å². The van der Waals surface area contributed by atoms with Gasteiger partial charge in [-0.2, -0.15) is 13.2 Å². The van der Waals surface area contributed by atoms with Crippen LogP contribution in [0.4, 0.5) is 13.2 Å². The topological polar surface area (TPSA) is 12.0 Å². The maximum atomic E-state index is 12.7. The Morgan fingerprint density at radius 1 is 1.20 bits per heavy atom. The zero-order chi connectivity index (χ0) is 14.8. The van der Waals surface area contributed by atoms with Crippen LogP contribution in [0, 0.1) is 11.8 Å². The molecular formula is C16H22F3N. The molecule has 20 heavy (non-hydrogen) atoms. The molecule has 0 spiro atoms. The monoisotopic (exact) mass is 285 g/mol. The first-order valence-electron chi connectivity index (χ1n) is 7.26. The number of alkyl halides is 3. The first-order chi connectivity index (χ1) is 9.36. The first kappa shape index (κ1) is 15.4. The SMILES string of the molecule is CC1CCC(C)C(NCc2cccc(C(F)(F)F)c2)C1. The lowest BCUT2D eigenvalue weighted by molar-refractivity contribution is -0.137. The summed E-state index contributed by atoms with van der Waals surface area (Å²) in [6.45, 7) is 4.96. The Kier molecular flexibility index (Phi) is 4.74. The molecule has 0 aromatic heterocycles. The Balaban J connectivity index is 1.97. The van der Waals surface area contributed by atoms with Gasteiger partial charge in [0.2, 0.25) is 0 Å². The van der Waals surface area contributed by atoms with Gasteiger partial charge in [0, 0.05) is 12.6 Å². The number of hydrogen-bond acceptors (Lipinski definition) is 1. The van der Waals surface area contributed by atoms with E-state index in [2.05, 4.69) is 19.2 Å².